The van der Waals surface area contributed by atoms with Crippen molar-refractivity contribution < 1.29 is 13.2 Å². The molecule has 0 radical (unpaired) electrons. The van der Waals surface area contributed by atoms with Gasteiger partial charge in [-0.3, -0.25) is 0 Å². The van der Waals surface area contributed by atoms with Gasteiger partial charge >= 0.3 is 0 Å². The van der Waals surface area contributed by atoms with Gasteiger partial charge in [-0.05, 0) is 19.3 Å². The van der Waals surface area contributed by atoms with E-state index in [0.717, 1.165) is 12.8 Å². The molecule has 0 saturated heterocycles. The summed E-state index contributed by atoms with van der Waals surface area (Å²) in [5, 5.41) is 0. The first-order valence-corrected chi connectivity index (χ1v) is 7.95. The van der Waals surface area contributed by atoms with Crippen molar-refractivity contribution in [2.24, 2.45) is 5.73 Å². The summed E-state index contributed by atoms with van der Waals surface area (Å²) in [6.07, 6.45) is 5.12. The predicted octanol–water partition coefficient (Wildman–Crippen LogP) is 1.10. The molecule has 0 spiro atoms. The molecule has 2 atom stereocenters. The third kappa shape index (κ3) is 4.80. The lowest BCUT2D eigenvalue weighted by Gasteiger charge is -2.28. The van der Waals surface area contributed by atoms with Crippen LogP contribution in [0.3, 0.4) is 0 Å². The SMILES string of the molecule is CCS(=O)(=O)CCCOC1CCCCC1N. The Labute approximate surface area is 98.5 Å². The first-order chi connectivity index (χ1) is 7.55. The molecule has 4 nitrogen and oxygen atoms in total. The van der Waals surface area contributed by atoms with E-state index in [9.17, 15) is 8.42 Å². The summed E-state index contributed by atoms with van der Waals surface area (Å²) in [5.74, 6) is 0.446. The van der Waals surface area contributed by atoms with Crippen LogP contribution in [0, 0.1) is 0 Å². The Balaban J connectivity index is 2.15. The minimum atomic E-state index is -2.85. The zero-order chi connectivity index (χ0) is 12.0. The van der Waals surface area contributed by atoms with Crippen LogP contribution < -0.4 is 5.73 Å². The Kier molecular flexibility index (Phi) is 5.72. The van der Waals surface area contributed by atoms with Gasteiger partial charge in [0.1, 0.15) is 9.84 Å². The maximum Gasteiger partial charge on any atom is 0.150 e. The number of rotatable bonds is 6. The summed E-state index contributed by atoms with van der Waals surface area (Å²) in [6.45, 7) is 2.19. The lowest BCUT2D eigenvalue weighted by atomic mass is 9.93. The topological polar surface area (TPSA) is 69.4 Å². The Bertz CT molecular complexity index is 290. The fourth-order valence-electron chi connectivity index (χ4n) is 1.99. The van der Waals surface area contributed by atoms with Crippen LogP contribution in [-0.4, -0.2) is 38.7 Å². The standard InChI is InChI=1S/C11H23NO3S/c1-2-16(13,14)9-5-8-15-11-7-4-3-6-10(11)12/h10-11H,2-9,12H2,1H3. The molecular weight excluding hydrogens is 226 g/mol. The van der Waals surface area contributed by atoms with Crippen molar-refractivity contribution in [2.75, 3.05) is 18.1 Å². The van der Waals surface area contributed by atoms with Gasteiger partial charge in [-0.1, -0.05) is 19.8 Å². The molecule has 0 aromatic carbocycles. The predicted molar refractivity (Wildman–Crippen MR) is 65.1 cm³/mol. The lowest BCUT2D eigenvalue weighted by molar-refractivity contribution is 0.0158. The van der Waals surface area contributed by atoms with Crippen molar-refractivity contribution in [1.82, 2.24) is 0 Å². The number of hydrogen-bond acceptors (Lipinski definition) is 4. The van der Waals surface area contributed by atoms with E-state index in [0.29, 0.717) is 13.0 Å². The molecule has 2 unspecified atom stereocenters. The van der Waals surface area contributed by atoms with E-state index in [1.54, 1.807) is 6.92 Å². The lowest BCUT2D eigenvalue weighted by Crippen LogP contribution is -2.39. The molecule has 1 aliphatic rings. The fourth-order valence-corrected chi connectivity index (χ4v) is 2.84. The highest BCUT2D eigenvalue weighted by molar-refractivity contribution is 7.91. The molecule has 96 valence electrons. The molecule has 0 aromatic heterocycles. The van der Waals surface area contributed by atoms with Gasteiger partial charge < -0.3 is 10.5 Å². The summed E-state index contributed by atoms with van der Waals surface area (Å²) in [5.41, 5.74) is 5.93. The summed E-state index contributed by atoms with van der Waals surface area (Å²) in [6, 6.07) is 0.136. The minimum absolute atomic E-state index is 0.136. The highest BCUT2D eigenvalue weighted by Crippen LogP contribution is 2.19. The molecule has 16 heavy (non-hydrogen) atoms. The number of ether oxygens (including phenoxy) is 1. The van der Waals surface area contributed by atoms with Gasteiger partial charge in [0, 0.05) is 18.4 Å². The average molecular weight is 249 g/mol. The van der Waals surface area contributed by atoms with Gasteiger partial charge in [0.05, 0.1) is 11.9 Å². The summed E-state index contributed by atoms with van der Waals surface area (Å²) < 4.78 is 28.1. The van der Waals surface area contributed by atoms with E-state index in [-0.39, 0.29) is 23.7 Å². The second-order valence-corrected chi connectivity index (χ2v) is 6.92. The Morgan fingerprint density at radius 3 is 2.62 bits per heavy atom. The third-order valence-corrected chi connectivity index (χ3v) is 4.92. The Hall–Kier alpha value is -0.130. The normalized spacial score (nSPS) is 26.9. The van der Waals surface area contributed by atoms with Crippen LogP contribution in [-0.2, 0) is 14.6 Å². The molecular formula is C11H23NO3S. The first-order valence-electron chi connectivity index (χ1n) is 6.13. The third-order valence-electron chi connectivity index (χ3n) is 3.13. The Morgan fingerprint density at radius 2 is 2.00 bits per heavy atom. The molecule has 5 heteroatoms. The van der Waals surface area contributed by atoms with Crippen molar-refractivity contribution in [1.29, 1.82) is 0 Å². The summed E-state index contributed by atoms with van der Waals surface area (Å²) >= 11 is 0. The van der Waals surface area contributed by atoms with Crippen LogP contribution in [0.2, 0.25) is 0 Å². The quantitative estimate of drug-likeness (QED) is 0.716. The zero-order valence-electron chi connectivity index (χ0n) is 10.0. The smallest absolute Gasteiger partial charge is 0.150 e. The maximum atomic E-state index is 11.2. The monoisotopic (exact) mass is 249 g/mol. The van der Waals surface area contributed by atoms with Gasteiger partial charge in [-0.15, -0.1) is 0 Å². The first kappa shape index (κ1) is 13.9. The summed E-state index contributed by atoms with van der Waals surface area (Å²) in [7, 11) is -2.85. The van der Waals surface area contributed by atoms with E-state index >= 15 is 0 Å². The van der Waals surface area contributed by atoms with Crippen molar-refractivity contribution in [3.05, 3.63) is 0 Å². The van der Waals surface area contributed by atoms with Crippen LogP contribution in [0.5, 0.6) is 0 Å². The van der Waals surface area contributed by atoms with Crippen LogP contribution in [0.1, 0.15) is 39.0 Å². The molecule has 0 aromatic rings. The van der Waals surface area contributed by atoms with Crippen LogP contribution in [0.25, 0.3) is 0 Å². The average Bonchev–Trinajstić information content (AvgIpc) is 2.27. The number of hydrogen-bond donors (Lipinski definition) is 1. The molecule has 0 bridgehead atoms. The molecule has 0 amide bonds. The molecule has 1 aliphatic carbocycles. The second kappa shape index (κ2) is 6.57. The van der Waals surface area contributed by atoms with Gasteiger partial charge in [-0.25, -0.2) is 8.42 Å². The van der Waals surface area contributed by atoms with Gasteiger partial charge in [0.15, 0.2) is 0 Å². The largest absolute Gasteiger partial charge is 0.377 e. The molecule has 1 fully saturated rings. The van der Waals surface area contributed by atoms with Crippen molar-refractivity contribution >= 4 is 9.84 Å². The molecule has 1 saturated carbocycles. The van der Waals surface area contributed by atoms with E-state index in [2.05, 4.69) is 0 Å². The molecule has 0 aliphatic heterocycles. The second-order valence-electron chi connectivity index (χ2n) is 4.45. The van der Waals surface area contributed by atoms with E-state index < -0.39 is 9.84 Å². The van der Waals surface area contributed by atoms with Gasteiger partial charge in [0.2, 0.25) is 0 Å². The maximum absolute atomic E-state index is 11.2. The van der Waals surface area contributed by atoms with Crippen LogP contribution in [0.15, 0.2) is 0 Å². The number of nitrogens with two attached hydrogens (primary N) is 1. The fraction of sp³-hybridized carbons (Fsp3) is 1.00. The zero-order valence-corrected chi connectivity index (χ0v) is 10.8. The Morgan fingerprint density at radius 1 is 1.31 bits per heavy atom. The van der Waals surface area contributed by atoms with E-state index in [1.807, 2.05) is 0 Å². The van der Waals surface area contributed by atoms with Crippen molar-refractivity contribution in [3.63, 3.8) is 0 Å². The van der Waals surface area contributed by atoms with Crippen LogP contribution >= 0.6 is 0 Å². The number of sulfone groups is 1. The van der Waals surface area contributed by atoms with Gasteiger partial charge in [0.25, 0.3) is 0 Å². The molecule has 0 heterocycles. The van der Waals surface area contributed by atoms with Crippen molar-refractivity contribution in [2.45, 2.75) is 51.2 Å². The minimum Gasteiger partial charge on any atom is -0.377 e. The van der Waals surface area contributed by atoms with Crippen LogP contribution in [0.4, 0.5) is 0 Å². The highest BCUT2D eigenvalue weighted by atomic mass is 32.2. The molecule has 1 rings (SSSR count). The van der Waals surface area contributed by atoms with E-state index in [1.165, 1.54) is 12.8 Å². The molecule has 2 N–H and O–H groups in total. The van der Waals surface area contributed by atoms with E-state index in [4.69, 9.17) is 10.5 Å². The van der Waals surface area contributed by atoms with Gasteiger partial charge in [-0.2, -0.15) is 0 Å². The highest BCUT2D eigenvalue weighted by Gasteiger charge is 2.22. The summed E-state index contributed by atoms with van der Waals surface area (Å²) in [4.78, 5) is 0. The van der Waals surface area contributed by atoms with Crippen molar-refractivity contribution in [3.8, 4) is 0 Å².